The predicted molar refractivity (Wildman–Crippen MR) is 65.1 cm³/mol. The van der Waals surface area contributed by atoms with Crippen LogP contribution in [0.25, 0.3) is 0 Å². The summed E-state index contributed by atoms with van der Waals surface area (Å²) < 4.78 is 10.0. The maximum Gasteiger partial charge on any atom is 0.384 e. The molecule has 0 heterocycles. The molecule has 0 aliphatic carbocycles. The molecule has 1 aromatic carbocycles. The molecular weight excluding hydrogens is 216 g/mol. The first-order valence-electron chi connectivity index (χ1n) is 5.51. The number of ether oxygens (including phenoxy) is 2. The molecule has 0 amide bonds. The van der Waals surface area contributed by atoms with Gasteiger partial charge in [-0.05, 0) is 12.0 Å². The highest BCUT2D eigenvalue weighted by molar-refractivity contribution is 5.88. The van der Waals surface area contributed by atoms with E-state index in [2.05, 4.69) is 16.6 Å². The molecule has 1 atom stereocenters. The van der Waals surface area contributed by atoms with Crippen LogP contribution in [-0.2, 0) is 20.9 Å². The van der Waals surface area contributed by atoms with Crippen LogP contribution in [0.5, 0.6) is 0 Å². The zero-order valence-electron chi connectivity index (χ0n) is 10.1. The first kappa shape index (κ1) is 13.3. The maximum atomic E-state index is 10.9. The van der Waals surface area contributed by atoms with Crippen molar-refractivity contribution in [3.05, 3.63) is 35.9 Å². The molecule has 3 nitrogen and oxygen atoms in total. The lowest BCUT2D eigenvalue weighted by Gasteiger charge is -2.09. The van der Waals surface area contributed by atoms with Crippen LogP contribution in [0.15, 0.2) is 30.3 Å². The van der Waals surface area contributed by atoms with Gasteiger partial charge in [0, 0.05) is 5.92 Å². The normalized spacial score (nSPS) is 11.2. The van der Waals surface area contributed by atoms with Crippen LogP contribution in [0.1, 0.15) is 18.9 Å². The van der Waals surface area contributed by atoms with Gasteiger partial charge < -0.3 is 9.47 Å². The van der Waals surface area contributed by atoms with Crippen LogP contribution in [0.4, 0.5) is 0 Å². The van der Waals surface area contributed by atoms with Crippen LogP contribution in [0.3, 0.4) is 0 Å². The third-order valence-corrected chi connectivity index (χ3v) is 2.19. The molecule has 0 fully saturated rings. The molecular formula is C14H16O3. The number of methoxy groups -OCH3 is 1. The Morgan fingerprint density at radius 3 is 2.65 bits per heavy atom. The van der Waals surface area contributed by atoms with Crippen molar-refractivity contribution in [2.75, 3.05) is 7.11 Å². The molecule has 0 saturated carbocycles. The summed E-state index contributed by atoms with van der Waals surface area (Å²) in [5.41, 5.74) is 1.09. The minimum Gasteiger partial charge on any atom is -0.459 e. The number of esters is 1. The molecule has 0 radical (unpaired) electrons. The van der Waals surface area contributed by atoms with Gasteiger partial charge in [0.2, 0.25) is 0 Å². The quantitative estimate of drug-likeness (QED) is 0.453. The number of benzene rings is 1. The summed E-state index contributed by atoms with van der Waals surface area (Å²) in [7, 11) is 1.31. The summed E-state index contributed by atoms with van der Waals surface area (Å²) in [4.78, 5) is 10.9. The van der Waals surface area contributed by atoms with Crippen molar-refractivity contribution < 1.29 is 14.3 Å². The number of carbonyl (C=O) groups excluding carboxylic acids is 1. The minimum atomic E-state index is -0.535. The van der Waals surface area contributed by atoms with Crippen molar-refractivity contribution in [1.82, 2.24) is 0 Å². The summed E-state index contributed by atoms with van der Waals surface area (Å²) in [6.07, 6.45) is 0.492. The summed E-state index contributed by atoms with van der Waals surface area (Å²) in [6, 6.07) is 9.85. The fraction of sp³-hybridized carbons (Fsp3) is 0.357. The van der Waals surface area contributed by atoms with Crippen molar-refractivity contribution in [3.63, 3.8) is 0 Å². The average molecular weight is 232 g/mol. The van der Waals surface area contributed by atoms with Crippen molar-refractivity contribution >= 4 is 5.97 Å². The second-order valence-corrected chi connectivity index (χ2v) is 3.45. The van der Waals surface area contributed by atoms with Gasteiger partial charge in [-0.25, -0.2) is 4.79 Å². The topological polar surface area (TPSA) is 35.5 Å². The minimum absolute atomic E-state index is 0.241. The van der Waals surface area contributed by atoms with E-state index in [9.17, 15) is 4.79 Å². The molecule has 0 bridgehead atoms. The van der Waals surface area contributed by atoms with E-state index in [0.29, 0.717) is 6.61 Å². The Balaban J connectivity index is 2.47. The zero-order valence-corrected chi connectivity index (χ0v) is 10.1. The Bertz CT molecular complexity index is 400. The van der Waals surface area contributed by atoms with Gasteiger partial charge in [-0.2, -0.15) is 0 Å². The third-order valence-electron chi connectivity index (χ3n) is 2.19. The van der Waals surface area contributed by atoms with E-state index in [1.165, 1.54) is 7.11 Å². The molecule has 1 unspecified atom stereocenters. The van der Waals surface area contributed by atoms with Crippen molar-refractivity contribution in [2.24, 2.45) is 0 Å². The second-order valence-electron chi connectivity index (χ2n) is 3.45. The molecule has 1 rings (SSSR count). The van der Waals surface area contributed by atoms with Gasteiger partial charge in [-0.3, -0.25) is 0 Å². The number of hydrogen-bond acceptors (Lipinski definition) is 3. The second kappa shape index (κ2) is 7.48. The highest BCUT2D eigenvalue weighted by Gasteiger charge is 2.03. The van der Waals surface area contributed by atoms with E-state index in [1.807, 2.05) is 37.3 Å². The molecule has 0 aliphatic rings. The maximum absolute atomic E-state index is 10.9. The van der Waals surface area contributed by atoms with Gasteiger partial charge in [0.05, 0.1) is 13.7 Å². The van der Waals surface area contributed by atoms with Crippen molar-refractivity contribution in [3.8, 4) is 11.8 Å². The van der Waals surface area contributed by atoms with E-state index >= 15 is 0 Å². The zero-order chi connectivity index (χ0) is 12.5. The fourth-order valence-electron chi connectivity index (χ4n) is 1.22. The Labute approximate surface area is 102 Å². The Morgan fingerprint density at radius 2 is 2.06 bits per heavy atom. The van der Waals surface area contributed by atoms with Crippen molar-refractivity contribution in [2.45, 2.75) is 26.1 Å². The first-order chi connectivity index (χ1) is 8.26. The Kier molecular flexibility index (Phi) is 5.84. The smallest absolute Gasteiger partial charge is 0.384 e. The van der Waals surface area contributed by atoms with E-state index in [4.69, 9.17) is 4.74 Å². The van der Waals surface area contributed by atoms with E-state index in [1.54, 1.807) is 0 Å². The van der Waals surface area contributed by atoms with E-state index < -0.39 is 5.97 Å². The SMILES string of the molecule is CCC(C#CC(=O)OC)OCc1ccccc1. The van der Waals surface area contributed by atoms with Gasteiger partial charge >= 0.3 is 5.97 Å². The van der Waals surface area contributed by atoms with Crippen LogP contribution < -0.4 is 0 Å². The van der Waals surface area contributed by atoms with Crippen LogP contribution >= 0.6 is 0 Å². The van der Waals surface area contributed by atoms with Crippen LogP contribution in [-0.4, -0.2) is 19.2 Å². The molecule has 17 heavy (non-hydrogen) atoms. The van der Waals surface area contributed by atoms with Gasteiger partial charge in [-0.15, -0.1) is 0 Å². The lowest BCUT2D eigenvalue weighted by atomic mass is 10.2. The van der Waals surface area contributed by atoms with E-state index in [-0.39, 0.29) is 6.10 Å². The third kappa shape index (κ3) is 5.19. The first-order valence-corrected chi connectivity index (χ1v) is 5.51. The molecule has 0 aliphatic heterocycles. The van der Waals surface area contributed by atoms with Crippen molar-refractivity contribution in [1.29, 1.82) is 0 Å². The predicted octanol–water partition coefficient (Wildman–Crippen LogP) is 2.16. The molecule has 0 saturated heterocycles. The molecule has 0 spiro atoms. The van der Waals surface area contributed by atoms with Gasteiger partial charge in [0.1, 0.15) is 6.10 Å². The van der Waals surface area contributed by atoms with Gasteiger partial charge in [0.25, 0.3) is 0 Å². The summed E-state index contributed by atoms with van der Waals surface area (Å²) in [5, 5.41) is 0. The summed E-state index contributed by atoms with van der Waals surface area (Å²) in [6.45, 7) is 2.46. The average Bonchev–Trinajstić information content (AvgIpc) is 2.39. The number of rotatable bonds is 4. The summed E-state index contributed by atoms with van der Waals surface area (Å²) in [5.74, 6) is 4.59. The van der Waals surface area contributed by atoms with Crippen LogP contribution in [0, 0.1) is 11.8 Å². The highest BCUT2D eigenvalue weighted by Crippen LogP contribution is 2.05. The highest BCUT2D eigenvalue weighted by atomic mass is 16.5. The van der Waals surface area contributed by atoms with Gasteiger partial charge in [-0.1, -0.05) is 43.2 Å². The summed E-state index contributed by atoms with van der Waals surface area (Å²) >= 11 is 0. The number of hydrogen-bond donors (Lipinski definition) is 0. The fourth-order valence-corrected chi connectivity index (χ4v) is 1.22. The van der Waals surface area contributed by atoms with Gasteiger partial charge in [0.15, 0.2) is 0 Å². The molecule has 90 valence electrons. The molecule has 3 heteroatoms. The van der Waals surface area contributed by atoms with E-state index in [0.717, 1.165) is 12.0 Å². The molecule has 0 aromatic heterocycles. The largest absolute Gasteiger partial charge is 0.459 e. The van der Waals surface area contributed by atoms with Crippen LogP contribution in [0.2, 0.25) is 0 Å². The number of carbonyl (C=O) groups is 1. The monoisotopic (exact) mass is 232 g/mol. The molecule has 0 N–H and O–H groups in total. The molecule has 1 aromatic rings. The lowest BCUT2D eigenvalue weighted by molar-refractivity contribution is -0.133. The lowest BCUT2D eigenvalue weighted by Crippen LogP contribution is -2.10. The standard InChI is InChI=1S/C14H16O3/c1-3-13(9-10-14(15)16-2)17-11-12-7-5-4-6-8-12/h4-8,13H,3,11H2,1-2H3. The Hall–Kier alpha value is -1.79. The Morgan fingerprint density at radius 1 is 1.35 bits per heavy atom.